The van der Waals surface area contributed by atoms with Gasteiger partial charge in [-0.05, 0) is 69.0 Å². The minimum Gasteiger partial charge on any atom is -0.480 e. The van der Waals surface area contributed by atoms with Gasteiger partial charge in [0.25, 0.3) is 5.91 Å². The topological polar surface area (TPSA) is 64.6 Å². The summed E-state index contributed by atoms with van der Waals surface area (Å²) >= 11 is 0. The molecule has 5 nitrogen and oxygen atoms in total. The van der Waals surface area contributed by atoms with Crippen molar-refractivity contribution in [2.45, 2.75) is 47.1 Å². The van der Waals surface area contributed by atoms with Crippen LogP contribution < -0.4 is 10.1 Å². The van der Waals surface area contributed by atoms with Crippen LogP contribution in [0.5, 0.6) is 5.75 Å². The first-order chi connectivity index (χ1) is 12.9. The molecule has 0 aliphatic heterocycles. The van der Waals surface area contributed by atoms with Crippen LogP contribution in [0.2, 0.25) is 0 Å². The van der Waals surface area contributed by atoms with Gasteiger partial charge < -0.3 is 14.8 Å². The highest BCUT2D eigenvalue weighted by atomic mass is 16.5. The molecule has 0 spiro atoms. The maximum atomic E-state index is 12.8. The summed E-state index contributed by atoms with van der Waals surface area (Å²) in [5, 5.41) is 2.88. The smallest absolute Gasteiger partial charge is 0.338 e. The van der Waals surface area contributed by atoms with Gasteiger partial charge in [-0.3, -0.25) is 4.79 Å². The zero-order valence-corrected chi connectivity index (χ0v) is 16.6. The normalized spacial score (nSPS) is 11.6. The first kappa shape index (κ1) is 20.5. The molecule has 1 N–H and O–H groups in total. The number of aryl methyl sites for hydroxylation is 2. The number of rotatable bonds is 7. The summed E-state index contributed by atoms with van der Waals surface area (Å²) in [6.07, 6.45) is -0.105. The van der Waals surface area contributed by atoms with Crippen LogP contribution in [0.3, 0.4) is 0 Å². The SMILES string of the molecule is CCOC(=O)c1cccc(NC(=O)[C@@H](CC)Oc2cc(C)ccc2C)c1C. The molecule has 0 saturated heterocycles. The van der Waals surface area contributed by atoms with Crippen molar-refractivity contribution in [1.82, 2.24) is 0 Å². The lowest BCUT2D eigenvalue weighted by Crippen LogP contribution is -2.33. The lowest BCUT2D eigenvalue weighted by atomic mass is 10.1. The number of benzene rings is 2. The predicted molar refractivity (Wildman–Crippen MR) is 106 cm³/mol. The molecule has 0 radical (unpaired) electrons. The number of ether oxygens (including phenoxy) is 2. The third-order valence-electron chi connectivity index (χ3n) is 4.36. The largest absolute Gasteiger partial charge is 0.480 e. The van der Waals surface area contributed by atoms with Crippen LogP contribution in [0.4, 0.5) is 5.69 Å². The second-order valence-electron chi connectivity index (χ2n) is 6.47. The second-order valence-corrected chi connectivity index (χ2v) is 6.47. The second kappa shape index (κ2) is 9.21. The fourth-order valence-electron chi connectivity index (χ4n) is 2.72. The highest BCUT2D eigenvalue weighted by Crippen LogP contribution is 2.23. The maximum absolute atomic E-state index is 12.8. The summed E-state index contributed by atoms with van der Waals surface area (Å²) in [4.78, 5) is 24.8. The molecule has 0 fully saturated rings. The van der Waals surface area contributed by atoms with Gasteiger partial charge >= 0.3 is 5.97 Å². The third-order valence-corrected chi connectivity index (χ3v) is 4.36. The molecule has 0 unspecified atom stereocenters. The first-order valence-corrected chi connectivity index (χ1v) is 9.18. The summed E-state index contributed by atoms with van der Waals surface area (Å²) in [5.41, 5.74) is 3.74. The molecule has 0 heterocycles. The Hall–Kier alpha value is -2.82. The quantitative estimate of drug-likeness (QED) is 0.725. The minimum absolute atomic E-state index is 0.248. The minimum atomic E-state index is -0.629. The van der Waals surface area contributed by atoms with E-state index in [-0.39, 0.29) is 5.91 Å². The van der Waals surface area contributed by atoms with Gasteiger partial charge in [-0.15, -0.1) is 0 Å². The molecule has 5 heteroatoms. The Morgan fingerprint density at radius 2 is 1.81 bits per heavy atom. The van der Waals surface area contributed by atoms with E-state index in [0.29, 0.717) is 35.6 Å². The fraction of sp³-hybridized carbons (Fsp3) is 0.364. The number of carbonyl (C=O) groups excluding carboxylic acids is 2. The van der Waals surface area contributed by atoms with Gasteiger partial charge in [-0.2, -0.15) is 0 Å². The first-order valence-electron chi connectivity index (χ1n) is 9.18. The molecule has 0 bridgehead atoms. The molecular weight excluding hydrogens is 342 g/mol. The third kappa shape index (κ3) is 5.09. The van der Waals surface area contributed by atoms with Gasteiger partial charge in [0, 0.05) is 5.69 Å². The molecule has 144 valence electrons. The van der Waals surface area contributed by atoms with E-state index in [2.05, 4.69) is 5.32 Å². The van der Waals surface area contributed by atoms with Crippen LogP contribution >= 0.6 is 0 Å². The van der Waals surface area contributed by atoms with Crippen LogP contribution in [0.1, 0.15) is 47.3 Å². The Morgan fingerprint density at radius 3 is 2.48 bits per heavy atom. The van der Waals surface area contributed by atoms with Crippen LogP contribution in [0.15, 0.2) is 36.4 Å². The molecule has 2 aromatic carbocycles. The van der Waals surface area contributed by atoms with E-state index in [0.717, 1.165) is 11.1 Å². The highest BCUT2D eigenvalue weighted by molar-refractivity contribution is 5.98. The van der Waals surface area contributed by atoms with Crippen LogP contribution in [0, 0.1) is 20.8 Å². The summed E-state index contributed by atoms with van der Waals surface area (Å²) in [5.74, 6) is 0.0567. The van der Waals surface area contributed by atoms with E-state index >= 15 is 0 Å². The fourth-order valence-corrected chi connectivity index (χ4v) is 2.72. The molecule has 2 aromatic rings. The molecule has 2 rings (SSSR count). The Balaban J connectivity index is 2.18. The number of esters is 1. The standard InChI is InChI=1S/C22H27NO4/c1-6-19(27-20-13-14(3)11-12-15(20)4)21(24)23-18-10-8-9-17(16(18)5)22(25)26-7-2/h8-13,19H,6-7H2,1-5H3,(H,23,24)/t19-/m1/s1. The van der Waals surface area contributed by atoms with Crippen LogP contribution in [-0.4, -0.2) is 24.6 Å². The zero-order valence-electron chi connectivity index (χ0n) is 16.6. The Bertz CT molecular complexity index is 829. The van der Waals surface area contributed by atoms with E-state index in [4.69, 9.17) is 9.47 Å². The Morgan fingerprint density at radius 1 is 1.07 bits per heavy atom. The van der Waals surface area contributed by atoms with Crippen molar-refractivity contribution in [3.05, 3.63) is 58.7 Å². The zero-order chi connectivity index (χ0) is 20.0. The van der Waals surface area contributed by atoms with Crippen molar-refractivity contribution in [3.63, 3.8) is 0 Å². The average Bonchev–Trinajstić information content (AvgIpc) is 2.64. The lowest BCUT2D eigenvalue weighted by Gasteiger charge is -2.20. The van der Waals surface area contributed by atoms with Crippen molar-refractivity contribution in [1.29, 1.82) is 0 Å². The van der Waals surface area contributed by atoms with Gasteiger partial charge in [0.05, 0.1) is 12.2 Å². The summed E-state index contributed by atoms with van der Waals surface area (Å²) < 4.78 is 11.0. The number of carbonyl (C=O) groups is 2. The van der Waals surface area contributed by atoms with E-state index in [1.54, 1.807) is 32.0 Å². The molecule has 0 saturated carbocycles. The van der Waals surface area contributed by atoms with Crippen LogP contribution in [-0.2, 0) is 9.53 Å². The predicted octanol–water partition coefficient (Wildman–Crippen LogP) is 4.58. The summed E-state index contributed by atoms with van der Waals surface area (Å²) in [7, 11) is 0. The van der Waals surface area contributed by atoms with Crippen LogP contribution in [0.25, 0.3) is 0 Å². The van der Waals surface area contributed by atoms with E-state index in [1.807, 2.05) is 39.0 Å². The maximum Gasteiger partial charge on any atom is 0.338 e. The van der Waals surface area contributed by atoms with Gasteiger partial charge in [0.2, 0.25) is 0 Å². The molecule has 27 heavy (non-hydrogen) atoms. The average molecular weight is 369 g/mol. The van der Waals surface area contributed by atoms with Crippen molar-refractivity contribution < 1.29 is 19.1 Å². The molecule has 1 atom stereocenters. The van der Waals surface area contributed by atoms with E-state index < -0.39 is 12.1 Å². The van der Waals surface area contributed by atoms with Crippen molar-refractivity contribution in [2.24, 2.45) is 0 Å². The number of hydrogen-bond donors (Lipinski definition) is 1. The summed E-state index contributed by atoms with van der Waals surface area (Å²) in [6, 6.07) is 11.1. The van der Waals surface area contributed by atoms with Gasteiger partial charge in [0.1, 0.15) is 5.75 Å². The van der Waals surface area contributed by atoms with E-state index in [9.17, 15) is 9.59 Å². The summed E-state index contributed by atoms with van der Waals surface area (Å²) in [6.45, 7) is 9.68. The number of nitrogens with one attached hydrogen (secondary N) is 1. The molecule has 0 aliphatic rings. The number of anilines is 1. The molecule has 1 amide bonds. The molecular formula is C22H27NO4. The monoisotopic (exact) mass is 369 g/mol. The molecule has 0 aliphatic carbocycles. The Labute approximate surface area is 160 Å². The highest BCUT2D eigenvalue weighted by Gasteiger charge is 2.21. The van der Waals surface area contributed by atoms with Crippen molar-refractivity contribution in [3.8, 4) is 5.75 Å². The van der Waals surface area contributed by atoms with Crippen molar-refractivity contribution in [2.75, 3.05) is 11.9 Å². The number of hydrogen-bond acceptors (Lipinski definition) is 4. The molecule has 0 aromatic heterocycles. The Kier molecular flexibility index (Phi) is 6.99. The lowest BCUT2D eigenvalue weighted by molar-refractivity contribution is -0.122. The van der Waals surface area contributed by atoms with Crippen molar-refractivity contribution >= 4 is 17.6 Å². The van der Waals surface area contributed by atoms with Gasteiger partial charge in [-0.25, -0.2) is 4.79 Å². The van der Waals surface area contributed by atoms with Gasteiger partial charge in [-0.1, -0.05) is 25.1 Å². The number of amides is 1. The van der Waals surface area contributed by atoms with Gasteiger partial charge in [0.15, 0.2) is 6.10 Å². The van der Waals surface area contributed by atoms with E-state index in [1.165, 1.54) is 0 Å².